The van der Waals surface area contributed by atoms with Crippen LogP contribution in [0.25, 0.3) is 6.08 Å². The van der Waals surface area contributed by atoms with Gasteiger partial charge in [0.1, 0.15) is 12.2 Å². The van der Waals surface area contributed by atoms with Crippen LogP contribution in [-0.2, 0) is 30.2 Å². The van der Waals surface area contributed by atoms with Crippen LogP contribution in [0, 0.1) is 0 Å². The van der Waals surface area contributed by atoms with Gasteiger partial charge >= 0.3 is 0 Å². The Morgan fingerprint density at radius 1 is 1.25 bits per heavy atom. The monoisotopic (exact) mass is 426 g/mol. The van der Waals surface area contributed by atoms with Gasteiger partial charge in [0.15, 0.2) is 0 Å². The Labute approximate surface area is 187 Å². The van der Waals surface area contributed by atoms with Crippen molar-refractivity contribution in [2.75, 3.05) is 18.1 Å². The van der Waals surface area contributed by atoms with Gasteiger partial charge in [-0.25, -0.2) is 0 Å². The topological polar surface area (TPSA) is 60.3 Å². The summed E-state index contributed by atoms with van der Waals surface area (Å²) in [4.78, 5) is 15.4. The first-order chi connectivity index (χ1) is 15.6. The Balaban J connectivity index is 1.34. The summed E-state index contributed by atoms with van der Waals surface area (Å²) in [7, 11) is 1.97. The molecule has 6 rings (SSSR count). The lowest BCUT2D eigenvalue weighted by Gasteiger charge is -2.42. The summed E-state index contributed by atoms with van der Waals surface area (Å²) in [5.41, 5.74) is 6.36. The Morgan fingerprint density at radius 2 is 2.09 bits per heavy atom. The Bertz CT molecular complexity index is 1240. The normalized spacial score (nSPS) is 19.0. The van der Waals surface area contributed by atoms with E-state index in [9.17, 15) is 4.79 Å². The highest BCUT2D eigenvalue weighted by molar-refractivity contribution is 6.10. The van der Waals surface area contributed by atoms with Gasteiger partial charge < -0.3 is 14.2 Å². The van der Waals surface area contributed by atoms with Crippen molar-refractivity contribution in [3.63, 3.8) is 0 Å². The fourth-order valence-electron chi connectivity index (χ4n) is 5.04. The van der Waals surface area contributed by atoms with E-state index >= 15 is 0 Å². The van der Waals surface area contributed by atoms with Crippen molar-refractivity contribution in [2.45, 2.75) is 37.1 Å². The largest absolute Gasteiger partial charge is 0.379 e. The molecule has 3 heterocycles. The van der Waals surface area contributed by atoms with Crippen LogP contribution in [0.1, 0.15) is 57.2 Å². The molecule has 1 saturated heterocycles. The first kappa shape index (κ1) is 19.4. The van der Waals surface area contributed by atoms with Crippen molar-refractivity contribution in [3.8, 4) is 0 Å². The molecule has 0 radical (unpaired) electrons. The highest BCUT2D eigenvalue weighted by atomic mass is 16.5. The highest BCUT2D eigenvalue weighted by Gasteiger charge is 2.42. The van der Waals surface area contributed by atoms with Crippen LogP contribution in [0.5, 0.6) is 0 Å². The Kier molecular flexibility index (Phi) is 4.33. The first-order valence-electron chi connectivity index (χ1n) is 11.2. The van der Waals surface area contributed by atoms with Crippen LogP contribution >= 0.6 is 0 Å². The molecule has 1 saturated carbocycles. The number of carbonyl (C=O) groups excluding carboxylic acids is 1. The maximum absolute atomic E-state index is 13.5. The third-order valence-electron chi connectivity index (χ3n) is 7.18. The number of ether oxygens (including phenoxy) is 1. The van der Waals surface area contributed by atoms with E-state index in [2.05, 4.69) is 41.0 Å². The van der Waals surface area contributed by atoms with Crippen molar-refractivity contribution in [2.24, 2.45) is 7.05 Å². The summed E-state index contributed by atoms with van der Waals surface area (Å²) in [5.74, 6) is 1.61. The zero-order chi connectivity index (χ0) is 21.9. The zero-order valence-corrected chi connectivity index (χ0v) is 18.3. The fourth-order valence-corrected chi connectivity index (χ4v) is 5.04. The molecule has 0 unspecified atom stereocenters. The van der Waals surface area contributed by atoms with E-state index in [1.807, 2.05) is 34.7 Å². The first-order valence-corrected chi connectivity index (χ1v) is 11.2. The lowest BCUT2D eigenvalue weighted by Crippen LogP contribution is -2.49. The maximum atomic E-state index is 13.5. The third kappa shape index (κ3) is 3.01. The zero-order valence-electron chi connectivity index (χ0n) is 18.3. The van der Waals surface area contributed by atoms with Crippen LogP contribution in [0.15, 0.2) is 49.3 Å². The van der Waals surface area contributed by atoms with E-state index in [0.29, 0.717) is 25.7 Å². The van der Waals surface area contributed by atoms with Gasteiger partial charge in [-0.05, 0) is 59.2 Å². The van der Waals surface area contributed by atoms with Crippen molar-refractivity contribution in [1.29, 1.82) is 0 Å². The molecule has 2 fully saturated rings. The molecule has 6 heteroatoms. The van der Waals surface area contributed by atoms with Gasteiger partial charge in [-0.1, -0.05) is 30.9 Å². The molecule has 2 aromatic carbocycles. The molecule has 3 aromatic rings. The summed E-state index contributed by atoms with van der Waals surface area (Å²) < 4.78 is 7.61. The predicted molar refractivity (Wildman–Crippen MR) is 123 cm³/mol. The van der Waals surface area contributed by atoms with E-state index in [1.165, 1.54) is 29.5 Å². The lowest BCUT2D eigenvalue weighted by atomic mass is 9.75. The quantitative estimate of drug-likeness (QED) is 0.598. The molecular weight excluding hydrogens is 400 g/mol. The molecule has 1 amide bonds. The number of hydrogen-bond acceptors (Lipinski definition) is 4. The molecule has 0 N–H and O–H groups in total. The van der Waals surface area contributed by atoms with Crippen LogP contribution in [-0.4, -0.2) is 33.9 Å². The maximum Gasteiger partial charge on any atom is 0.258 e. The van der Waals surface area contributed by atoms with E-state index < -0.39 is 0 Å². The summed E-state index contributed by atoms with van der Waals surface area (Å²) in [5, 5.41) is 8.31. The second-order valence-electron chi connectivity index (χ2n) is 9.36. The van der Waals surface area contributed by atoms with E-state index in [4.69, 9.17) is 4.74 Å². The number of amides is 1. The number of aryl methyl sites for hydroxylation is 1. The average molecular weight is 427 g/mol. The third-order valence-corrected chi connectivity index (χ3v) is 7.18. The molecule has 0 atom stereocenters. The van der Waals surface area contributed by atoms with Gasteiger partial charge in [0.05, 0.1) is 19.8 Å². The molecule has 3 aliphatic rings. The fraction of sp³-hybridized carbons (Fsp3) is 0.346. The van der Waals surface area contributed by atoms with Gasteiger partial charge in [0.2, 0.25) is 0 Å². The van der Waals surface area contributed by atoms with Gasteiger partial charge in [0, 0.05) is 30.1 Å². The van der Waals surface area contributed by atoms with Crippen molar-refractivity contribution < 1.29 is 9.53 Å². The number of fused-ring (bicyclic) bond motifs is 1. The van der Waals surface area contributed by atoms with Crippen LogP contribution in [0.3, 0.4) is 0 Å². The standard InChI is InChI=1S/C26H26N4O2/c1-3-17-9-21(18-7-8-18)23-13-30(25(31)22(23)10-17)20-6-4-5-19(11-20)26(14-32-15-26)12-24-28-27-16-29(24)2/h3-6,9-11,16,18H,1,7-8,12-15H2,2H3. The minimum absolute atomic E-state index is 0.0787. The predicted octanol–water partition coefficient (Wildman–Crippen LogP) is 4.01. The molecule has 1 aliphatic carbocycles. The minimum atomic E-state index is -0.137. The Morgan fingerprint density at radius 3 is 2.75 bits per heavy atom. The molecule has 0 bridgehead atoms. The molecule has 2 aliphatic heterocycles. The molecule has 162 valence electrons. The number of anilines is 1. The molecule has 6 nitrogen and oxygen atoms in total. The van der Waals surface area contributed by atoms with Gasteiger partial charge in [-0.3, -0.25) is 4.79 Å². The Hall–Kier alpha value is -3.25. The molecular formula is C26H26N4O2. The average Bonchev–Trinajstić information content (AvgIpc) is 3.47. The van der Waals surface area contributed by atoms with E-state index in [0.717, 1.165) is 29.1 Å². The molecule has 0 spiro atoms. The van der Waals surface area contributed by atoms with Gasteiger partial charge in [-0.2, -0.15) is 0 Å². The number of hydrogen-bond donors (Lipinski definition) is 0. The summed E-state index contributed by atoms with van der Waals surface area (Å²) in [6.07, 6.45) is 6.75. The minimum Gasteiger partial charge on any atom is -0.379 e. The van der Waals surface area contributed by atoms with Crippen LogP contribution in [0.2, 0.25) is 0 Å². The van der Waals surface area contributed by atoms with E-state index in [-0.39, 0.29) is 11.3 Å². The molecule has 1 aromatic heterocycles. The highest BCUT2D eigenvalue weighted by Crippen LogP contribution is 2.46. The van der Waals surface area contributed by atoms with Gasteiger partial charge in [0.25, 0.3) is 5.91 Å². The number of rotatable bonds is 6. The number of carbonyl (C=O) groups is 1. The SMILES string of the molecule is C=Cc1cc2c(c(C3CC3)c1)CN(c1cccc(C3(Cc4nncn4C)COC3)c1)C2=O. The van der Waals surface area contributed by atoms with Crippen molar-refractivity contribution in [1.82, 2.24) is 14.8 Å². The van der Waals surface area contributed by atoms with Crippen molar-refractivity contribution in [3.05, 3.63) is 82.9 Å². The van der Waals surface area contributed by atoms with Crippen LogP contribution in [0.4, 0.5) is 5.69 Å². The van der Waals surface area contributed by atoms with Crippen molar-refractivity contribution >= 4 is 17.7 Å². The number of benzene rings is 2. The van der Waals surface area contributed by atoms with E-state index in [1.54, 1.807) is 6.33 Å². The molecule has 32 heavy (non-hydrogen) atoms. The summed E-state index contributed by atoms with van der Waals surface area (Å²) in [6, 6.07) is 12.6. The number of aromatic nitrogens is 3. The second kappa shape index (κ2) is 7.14. The van der Waals surface area contributed by atoms with Gasteiger partial charge in [-0.15, -0.1) is 10.2 Å². The summed E-state index contributed by atoms with van der Waals surface area (Å²) in [6.45, 7) is 5.84. The summed E-state index contributed by atoms with van der Waals surface area (Å²) >= 11 is 0. The van der Waals surface area contributed by atoms with Crippen LogP contribution < -0.4 is 4.90 Å². The second-order valence-corrected chi connectivity index (χ2v) is 9.36. The number of nitrogens with zero attached hydrogens (tertiary/aromatic N) is 4. The smallest absolute Gasteiger partial charge is 0.258 e. The lowest BCUT2D eigenvalue weighted by molar-refractivity contribution is -0.0611.